The van der Waals surface area contributed by atoms with Gasteiger partial charge in [0, 0.05) is 52.6 Å². The molecule has 0 bridgehead atoms. The van der Waals surface area contributed by atoms with Gasteiger partial charge in [-0.15, -0.1) is 0 Å². The summed E-state index contributed by atoms with van der Waals surface area (Å²) in [4.78, 5) is 25.6. The number of fused-ring (bicyclic) bond motifs is 2. The second-order valence-corrected chi connectivity index (χ2v) is 13.7. The Bertz CT molecular complexity index is 1440. The zero-order chi connectivity index (χ0) is 36.7. The average Bonchev–Trinajstić information content (AvgIpc) is 3.13. The van der Waals surface area contributed by atoms with E-state index in [1.54, 1.807) is 0 Å². The molecule has 3 rings (SSSR count). The summed E-state index contributed by atoms with van der Waals surface area (Å²) in [5.41, 5.74) is 0. The number of hydrogen-bond donors (Lipinski definition) is 0. The topological polar surface area (TPSA) is 89.5 Å². The van der Waals surface area contributed by atoms with Crippen molar-refractivity contribution in [2.75, 3.05) is 39.6 Å². The van der Waals surface area contributed by atoms with Gasteiger partial charge in [0.15, 0.2) is 12.2 Å². The molecule has 8 nitrogen and oxygen atoms in total. The second-order valence-electron chi connectivity index (χ2n) is 13.2. The summed E-state index contributed by atoms with van der Waals surface area (Å²) in [5, 5.41) is 3.76. The fourth-order valence-electron chi connectivity index (χ4n) is 5.77. The van der Waals surface area contributed by atoms with Gasteiger partial charge in [-0.3, -0.25) is 9.59 Å². The van der Waals surface area contributed by atoms with Gasteiger partial charge in [0.1, 0.15) is 24.7 Å². The largest absolute Gasteiger partial charge is 0.488 e. The van der Waals surface area contributed by atoms with Gasteiger partial charge in [0.05, 0.1) is 13.2 Å². The van der Waals surface area contributed by atoms with Gasteiger partial charge in [0.25, 0.3) is 0 Å². The van der Waals surface area contributed by atoms with E-state index in [0.717, 1.165) is 98.6 Å². The summed E-state index contributed by atoms with van der Waals surface area (Å²) < 4.78 is 36.7. The average molecular weight is 729 g/mol. The molecule has 51 heavy (non-hydrogen) atoms. The SMILES string of the molecule is CCCCCCC(=O)OC(COCCCC)COc1c2ccccc2c(OCC(COCCCC)OC(=O)CCCCCC)c2cc(Cl)ccc12. The van der Waals surface area contributed by atoms with E-state index < -0.39 is 12.2 Å². The predicted molar refractivity (Wildman–Crippen MR) is 206 cm³/mol. The molecule has 0 N–H and O–H groups in total. The van der Waals surface area contributed by atoms with Crippen molar-refractivity contribution >= 4 is 45.1 Å². The Labute approximate surface area is 310 Å². The lowest BCUT2D eigenvalue weighted by atomic mass is 10.0. The number of unbranched alkanes of at least 4 members (excludes halogenated alkanes) is 8. The van der Waals surface area contributed by atoms with E-state index >= 15 is 0 Å². The number of carbonyl (C=O) groups excluding carboxylic acids is 2. The third-order valence-corrected chi connectivity index (χ3v) is 8.91. The Morgan fingerprint density at radius 1 is 0.549 bits per heavy atom. The molecule has 2 atom stereocenters. The van der Waals surface area contributed by atoms with Crippen LogP contribution in [0.15, 0.2) is 42.5 Å². The fourth-order valence-corrected chi connectivity index (χ4v) is 5.94. The van der Waals surface area contributed by atoms with E-state index in [1.165, 1.54) is 0 Å². The number of hydrogen-bond acceptors (Lipinski definition) is 8. The third-order valence-electron chi connectivity index (χ3n) is 8.67. The molecule has 0 heterocycles. The van der Waals surface area contributed by atoms with Crippen LogP contribution in [0.4, 0.5) is 0 Å². The zero-order valence-electron chi connectivity index (χ0n) is 31.5. The lowest BCUT2D eigenvalue weighted by Crippen LogP contribution is -2.30. The normalized spacial score (nSPS) is 12.6. The summed E-state index contributed by atoms with van der Waals surface area (Å²) in [7, 11) is 0. The van der Waals surface area contributed by atoms with E-state index in [-0.39, 0.29) is 38.4 Å². The molecule has 2 unspecified atom stereocenters. The first-order valence-electron chi connectivity index (χ1n) is 19.4. The minimum absolute atomic E-state index is 0.115. The number of esters is 2. The lowest BCUT2D eigenvalue weighted by molar-refractivity contribution is -0.155. The van der Waals surface area contributed by atoms with E-state index in [2.05, 4.69) is 27.7 Å². The molecule has 3 aromatic rings. The molecule has 0 radical (unpaired) electrons. The maximum absolute atomic E-state index is 12.8. The Morgan fingerprint density at radius 3 is 1.47 bits per heavy atom. The van der Waals surface area contributed by atoms with E-state index in [1.807, 2.05) is 42.5 Å². The summed E-state index contributed by atoms with van der Waals surface area (Å²) in [6, 6.07) is 13.5. The minimum atomic E-state index is -0.574. The van der Waals surface area contributed by atoms with Crippen LogP contribution in [0.3, 0.4) is 0 Å². The first-order chi connectivity index (χ1) is 24.9. The summed E-state index contributed by atoms with van der Waals surface area (Å²) in [5.74, 6) is 0.778. The molecule has 0 aliphatic rings. The summed E-state index contributed by atoms with van der Waals surface area (Å²) in [6.07, 6.45) is 11.5. The van der Waals surface area contributed by atoms with Crippen molar-refractivity contribution in [3.05, 3.63) is 47.5 Å². The van der Waals surface area contributed by atoms with Crippen molar-refractivity contribution in [3.8, 4) is 11.5 Å². The van der Waals surface area contributed by atoms with Gasteiger partial charge in [-0.2, -0.15) is 0 Å². The van der Waals surface area contributed by atoms with Gasteiger partial charge < -0.3 is 28.4 Å². The van der Waals surface area contributed by atoms with Crippen molar-refractivity contribution in [3.63, 3.8) is 0 Å². The molecule has 0 fully saturated rings. The monoisotopic (exact) mass is 728 g/mol. The van der Waals surface area contributed by atoms with E-state index in [4.69, 9.17) is 40.0 Å². The molecule has 0 spiro atoms. The van der Waals surface area contributed by atoms with E-state index in [9.17, 15) is 9.59 Å². The van der Waals surface area contributed by atoms with Crippen molar-refractivity contribution in [2.45, 2.75) is 130 Å². The fraction of sp³-hybridized carbons (Fsp3) is 0.619. The standard InChI is InChI=1S/C42H61ClO8/c1-5-9-13-15-21-39(44)50-33(28-46-25-11-7-3)30-48-41-35-19-17-18-20-36(35)42(38-27-32(43)23-24-37(38)41)49-31-34(29-47-26-12-8-4)51-40(45)22-16-14-10-6-2/h17-20,23-24,27,33-34H,5-16,21-22,25-26,28-31H2,1-4H3. The molecule has 0 aromatic heterocycles. The number of halogens is 1. The molecule has 284 valence electrons. The molecular weight excluding hydrogens is 668 g/mol. The highest BCUT2D eigenvalue weighted by Crippen LogP contribution is 2.44. The third kappa shape index (κ3) is 15.2. The lowest BCUT2D eigenvalue weighted by Gasteiger charge is -2.23. The molecule has 0 saturated carbocycles. The highest BCUT2D eigenvalue weighted by atomic mass is 35.5. The number of carbonyl (C=O) groups is 2. The molecule has 3 aromatic carbocycles. The van der Waals surface area contributed by atoms with Crippen LogP contribution in [0.5, 0.6) is 11.5 Å². The van der Waals surface area contributed by atoms with Crippen LogP contribution >= 0.6 is 11.6 Å². The Kier molecular flexibility index (Phi) is 20.8. The predicted octanol–water partition coefficient (Wildman–Crippen LogP) is 10.8. The smallest absolute Gasteiger partial charge is 0.306 e. The highest BCUT2D eigenvalue weighted by Gasteiger charge is 2.22. The number of rotatable bonds is 28. The zero-order valence-corrected chi connectivity index (χ0v) is 32.2. The molecule has 9 heteroatoms. The molecule has 0 aliphatic carbocycles. The quantitative estimate of drug-likeness (QED) is 0.0415. The maximum atomic E-state index is 12.8. The van der Waals surface area contributed by atoms with Gasteiger partial charge in [-0.05, 0) is 43.9 Å². The van der Waals surface area contributed by atoms with Crippen molar-refractivity contribution < 1.29 is 38.0 Å². The second kappa shape index (κ2) is 25.0. The van der Waals surface area contributed by atoms with Gasteiger partial charge >= 0.3 is 11.9 Å². The van der Waals surface area contributed by atoms with Gasteiger partial charge in [-0.1, -0.05) is 115 Å². The van der Waals surface area contributed by atoms with Gasteiger partial charge in [0.2, 0.25) is 0 Å². The van der Waals surface area contributed by atoms with Crippen LogP contribution in [-0.4, -0.2) is 63.8 Å². The Morgan fingerprint density at radius 2 is 1.00 bits per heavy atom. The molecule has 0 amide bonds. The first kappa shape index (κ1) is 42.3. The van der Waals surface area contributed by atoms with E-state index in [0.29, 0.717) is 42.6 Å². The summed E-state index contributed by atoms with van der Waals surface area (Å²) >= 11 is 6.56. The number of benzene rings is 3. The minimum Gasteiger partial charge on any atom is -0.488 e. The van der Waals surface area contributed by atoms with Crippen LogP contribution in [0, 0.1) is 0 Å². The summed E-state index contributed by atoms with van der Waals surface area (Å²) in [6.45, 7) is 10.4. The molecular formula is C42H61ClO8. The Hall–Kier alpha value is -3.07. The van der Waals surface area contributed by atoms with Crippen LogP contribution in [0.1, 0.15) is 118 Å². The number of ether oxygens (including phenoxy) is 6. The van der Waals surface area contributed by atoms with Crippen LogP contribution in [-0.2, 0) is 28.5 Å². The van der Waals surface area contributed by atoms with Crippen molar-refractivity contribution in [2.24, 2.45) is 0 Å². The van der Waals surface area contributed by atoms with Crippen LogP contribution < -0.4 is 9.47 Å². The molecule has 0 saturated heterocycles. The van der Waals surface area contributed by atoms with Crippen molar-refractivity contribution in [1.29, 1.82) is 0 Å². The first-order valence-corrected chi connectivity index (χ1v) is 19.7. The van der Waals surface area contributed by atoms with Crippen LogP contribution in [0.2, 0.25) is 5.02 Å². The molecule has 0 aliphatic heterocycles. The maximum Gasteiger partial charge on any atom is 0.306 e. The Balaban J connectivity index is 1.87. The van der Waals surface area contributed by atoms with Crippen molar-refractivity contribution in [1.82, 2.24) is 0 Å². The van der Waals surface area contributed by atoms with Crippen LogP contribution in [0.25, 0.3) is 21.5 Å². The highest BCUT2D eigenvalue weighted by molar-refractivity contribution is 6.31. The van der Waals surface area contributed by atoms with Gasteiger partial charge in [-0.25, -0.2) is 0 Å².